The molecule has 0 amide bonds. The molecule has 4 aromatic rings. The number of allylic oxidation sites excluding steroid dienone is 2. The molecule has 0 unspecified atom stereocenters. The Morgan fingerprint density at radius 1 is 1.00 bits per heavy atom. The van der Waals surface area contributed by atoms with Crippen molar-refractivity contribution in [2.45, 2.75) is 20.8 Å². The lowest BCUT2D eigenvalue weighted by Gasteiger charge is -2.13. The third kappa shape index (κ3) is 5.31. The zero-order chi connectivity index (χ0) is 25.7. The van der Waals surface area contributed by atoms with Crippen LogP contribution in [0, 0.1) is 6.92 Å². The lowest BCUT2D eigenvalue weighted by Crippen LogP contribution is -2.11. The minimum Gasteiger partial charge on any atom is -0.497 e. The first-order valence-electron chi connectivity index (χ1n) is 11.7. The van der Waals surface area contributed by atoms with E-state index in [1.54, 1.807) is 32.2 Å². The predicted octanol–water partition coefficient (Wildman–Crippen LogP) is 7.02. The highest BCUT2D eigenvalue weighted by Gasteiger charge is 2.21. The summed E-state index contributed by atoms with van der Waals surface area (Å²) in [5.41, 5.74) is 3.37. The zero-order valence-corrected chi connectivity index (χ0v) is 20.8. The van der Waals surface area contributed by atoms with Gasteiger partial charge in [-0.3, -0.25) is 9.59 Å². The number of methoxy groups -OCH3 is 1. The number of hydrogen-bond donors (Lipinski definition) is 0. The lowest BCUT2D eigenvalue weighted by molar-refractivity contribution is 0.104. The van der Waals surface area contributed by atoms with Crippen molar-refractivity contribution in [3.63, 3.8) is 0 Å². The minimum absolute atomic E-state index is 0.184. The standard InChI is InChI=1S/C31H28O5/c1-20(2)17-18-35-27-16-14-25-29(33)21(3)30(23-10-6-5-7-11-23)36-31(25)28(27)26(32)15-13-22-9-8-12-24(19-22)34-4/h5-17,19H,18H2,1-4H3. The summed E-state index contributed by atoms with van der Waals surface area (Å²) in [7, 11) is 1.59. The lowest BCUT2D eigenvalue weighted by atomic mass is 10.0. The van der Waals surface area contributed by atoms with Gasteiger partial charge in [0, 0.05) is 11.1 Å². The molecule has 36 heavy (non-hydrogen) atoms. The zero-order valence-electron chi connectivity index (χ0n) is 20.8. The Labute approximate surface area is 210 Å². The van der Waals surface area contributed by atoms with Gasteiger partial charge in [0.2, 0.25) is 0 Å². The Bertz CT molecular complexity index is 1520. The van der Waals surface area contributed by atoms with Gasteiger partial charge in [-0.2, -0.15) is 0 Å². The number of carbonyl (C=O) groups excluding carboxylic acids is 1. The summed E-state index contributed by atoms with van der Waals surface area (Å²) in [4.78, 5) is 26.9. The first kappa shape index (κ1) is 24.7. The molecule has 1 aromatic heterocycles. The van der Waals surface area contributed by atoms with Gasteiger partial charge in [-0.1, -0.05) is 54.1 Å². The summed E-state index contributed by atoms with van der Waals surface area (Å²) in [6.07, 6.45) is 5.08. The SMILES string of the molecule is COc1cccc(C=CC(=O)c2c(OCC=C(C)C)ccc3c(=O)c(C)c(-c4ccccc4)oc23)c1. The predicted molar refractivity (Wildman–Crippen MR) is 144 cm³/mol. The van der Waals surface area contributed by atoms with Gasteiger partial charge in [0.1, 0.15) is 29.4 Å². The van der Waals surface area contributed by atoms with E-state index >= 15 is 0 Å². The molecule has 0 spiro atoms. The molecule has 5 heteroatoms. The molecule has 0 fully saturated rings. The highest BCUT2D eigenvalue weighted by molar-refractivity contribution is 6.15. The summed E-state index contributed by atoms with van der Waals surface area (Å²) in [5.74, 6) is 1.14. The van der Waals surface area contributed by atoms with Crippen LogP contribution < -0.4 is 14.9 Å². The molecule has 0 aliphatic carbocycles. The summed E-state index contributed by atoms with van der Waals surface area (Å²) in [6.45, 7) is 5.97. The van der Waals surface area contributed by atoms with Crippen LogP contribution in [0.2, 0.25) is 0 Å². The minimum atomic E-state index is -0.332. The van der Waals surface area contributed by atoms with Crippen molar-refractivity contribution in [3.8, 4) is 22.8 Å². The maximum atomic E-state index is 13.6. The number of ether oxygens (including phenoxy) is 2. The molecule has 0 radical (unpaired) electrons. The second-order valence-corrected chi connectivity index (χ2v) is 8.63. The number of hydrogen-bond acceptors (Lipinski definition) is 5. The summed E-state index contributed by atoms with van der Waals surface area (Å²) in [6, 6.07) is 20.1. The van der Waals surface area contributed by atoms with Gasteiger partial charge in [-0.25, -0.2) is 0 Å². The highest BCUT2D eigenvalue weighted by Crippen LogP contribution is 2.32. The normalized spacial score (nSPS) is 11.0. The summed E-state index contributed by atoms with van der Waals surface area (Å²) in [5, 5.41) is 0.333. The molecule has 0 atom stereocenters. The van der Waals surface area contributed by atoms with Crippen LogP contribution in [-0.2, 0) is 0 Å². The van der Waals surface area contributed by atoms with E-state index < -0.39 is 0 Å². The van der Waals surface area contributed by atoms with Crippen molar-refractivity contribution in [2.24, 2.45) is 0 Å². The fraction of sp³-hybridized carbons (Fsp3) is 0.161. The van der Waals surface area contributed by atoms with E-state index in [0.29, 0.717) is 28.2 Å². The van der Waals surface area contributed by atoms with Crippen LogP contribution in [0.3, 0.4) is 0 Å². The van der Waals surface area contributed by atoms with Crippen LogP contribution in [0.25, 0.3) is 28.4 Å². The third-order valence-electron chi connectivity index (χ3n) is 5.78. The molecule has 0 N–H and O–H groups in total. The van der Waals surface area contributed by atoms with Crippen LogP contribution in [0.15, 0.2) is 93.7 Å². The van der Waals surface area contributed by atoms with Crippen LogP contribution >= 0.6 is 0 Å². The molecule has 0 saturated heterocycles. The first-order chi connectivity index (χ1) is 17.4. The summed E-state index contributed by atoms with van der Waals surface area (Å²) >= 11 is 0. The van der Waals surface area contributed by atoms with Gasteiger partial charge < -0.3 is 13.9 Å². The van der Waals surface area contributed by atoms with Gasteiger partial charge in [0.15, 0.2) is 16.8 Å². The van der Waals surface area contributed by atoms with Gasteiger partial charge >= 0.3 is 0 Å². The van der Waals surface area contributed by atoms with Crippen molar-refractivity contribution in [1.82, 2.24) is 0 Å². The molecule has 3 aromatic carbocycles. The van der Waals surface area contributed by atoms with Gasteiger partial charge in [0.05, 0.1) is 12.5 Å². The van der Waals surface area contributed by atoms with E-state index in [9.17, 15) is 9.59 Å². The quantitative estimate of drug-likeness (QED) is 0.154. The maximum Gasteiger partial charge on any atom is 0.196 e. The number of ketones is 1. The van der Waals surface area contributed by atoms with E-state index in [2.05, 4.69) is 0 Å². The monoisotopic (exact) mass is 480 g/mol. The average molecular weight is 481 g/mol. The van der Waals surface area contributed by atoms with E-state index in [-0.39, 0.29) is 29.0 Å². The molecule has 0 aliphatic rings. The van der Waals surface area contributed by atoms with Crippen molar-refractivity contribution < 1.29 is 18.7 Å². The van der Waals surface area contributed by atoms with E-state index in [0.717, 1.165) is 16.7 Å². The number of rotatable bonds is 8. The van der Waals surface area contributed by atoms with Crippen molar-refractivity contribution in [2.75, 3.05) is 13.7 Å². The topological polar surface area (TPSA) is 65.7 Å². The Morgan fingerprint density at radius 2 is 1.78 bits per heavy atom. The fourth-order valence-electron chi connectivity index (χ4n) is 3.85. The van der Waals surface area contributed by atoms with Crippen molar-refractivity contribution in [3.05, 3.63) is 111 Å². The molecule has 0 bridgehead atoms. The molecule has 0 aliphatic heterocycles. The van der Waals surface area contributed by atoms with Crippen molar-refractivity contribution in [1.29, 1.82) is 0 Å². The molecule has 0 saturated carbocycles. The molecule has 182 valence electrons. The molecule has 4 rings (SSSR count). The Hall–Kier alpha value is -4.38. The maximum absolute atomic E-state index is 13.6. The van der Waals surface area contributed by atoms with E-state index in [1.165, 1.54) is 6.08 Å². The molecular formula is C31H28O5. The molecule has 5 nitrogen and oxygen atoms in total. The Morgan fingerprint density at radius 3 is 2.50 bits per heavy atom. The van der Waals surface area contributed by atoms with Gasteiger partial charge in [-0.05, 0) is 62.8 Å². The Kier molecular flexibility index (Phi) is 7.50. The second-order valence-electron chi connectivity index (χ2n) is 8.63. The number of fused-ring (bicyclic) bond motifs is 1. The number of carbonyl (C=O) groups is 1. The van der Waals surface area contributed by atoms with Gasteiger partial charge in [0.25, 0.3) is 0 Å². The van der Waals surface area contributed by atoms with Gasteiger partial charge in [-0.15, -0.1) is 0 Å². The number of benzene rings is 3. The molecule has 1 heterocycles. The third-order valence-corrected chi connectivity index (χ3v) is 5.78. The fourth-order valence-corrected chi connectivity index (χ4v) is 3.85. The van der Waals surface area contributed by atoms with Crippen LogP contribution in [0.1, 0.15) is 35.3 Å². The highest BCUT2D eigenvalue weighted by atomic mass is 16.5. The Balaban J connectivity index is 1.89. The average Bonchev–Trinajstić information content (AvgIpc) is 2.89. The van der Waals surface area contributed by atoms with E-state index in [4.69, 9.17) is 13.9 Å². The molecular weight excluding hydrogens is 452 g/mol. The van der Waals surface area contributed by atoms with Crippen LogP contribution in [-0.4, -0.2) is 19.5 Å². The summed E-state index contributed by atoms with van der Waals surface area (Å²) < 4.78 is 17.5. The smallest absolute Gasteiger partial charge is 0.196 e. The van der Waals surface area contributed by atoms with Crippen LogP contribution in [0.4, 0.5) is 0 Å². The van der Waals surface area contributed by atoms with E-state index in [1.807, 2.05) is 74.5 Å². The second kappa shape index (κ2) is 10.9. The largest absolute Gasteiger partial charge is 0.497 e. The van der Waals surface area contributed by atoms with Crippen molar-refractivity contribution >= 4 is 22.8 Å². The van der Waals surface area contributed by atoms with Crippen LogP contribution in [0.5, 0.6) is 11.5 Å². The first-order valence-corrected chi connectivity index (χ1v) is 11.7.